The number of piperidine rings is 1. The molecule has 2 heterocycles. The molecule has 1 aliphatic rings. The first-order valence-electron chi connectivity index (χ1n) is 9.43. The Labute approximate surface area is 195 Å². The van der Waals surface area contributed by atoms with E-state index in [1.165, 1.54) is 19.2 Å². The number of carbonyl (C=O) groups is 1. The number of aryl methyl sites for hydroxylation is 1. The van der Waals surface area contributed by atoms with Crippen LogP contribution in [-0.4, -0.2) is 37.5 Å². The van der Waals surface area contributed by atoms with Crippen LogP contribution in [0.25, 0.3) is 16.3 Å². The van der Waals surface area contributed by atoms with Gasteiger partial charge in [-0.3, -0.25) is 5.26 Å². The van der Waals surface area contributed by atoms with E-state index in [4.69, 9.17) is 9.67 Å². The van der Waals surface area contributed by atoms with Gasteiger partial charge >= 0.3 is 6.03 Å². The number of halogens is 1. The average molecular weight is 483 g/mol. The minimum absolute atomic E-state index is 0. The number of hydrogen-bond acceptors (Lipinski definition) is 4. The molecule has 7 nitrogen and oxygen atoms in total. The maximum Gasteiger partial charge on any atom is 0.315 e. The molecule has 9 heteroatoms. The van der Waals surface area contributed by atoms with Crippen molar-refractivity contribution in [2.75, 3.05) is 20.2 Å². The summed E-state index contributed by atoms with van der Waals surface area (Å²) in [6.07, 6.45) is 1.96. The molecule has 159 valence electrons. The Hall–Kier alpha value is -1.06. The molecule has 2 aromatic rings. The molecule has 1 fully saturated rings. The Balaban J connectivity index is 0.000000990. The number of furan rings is 1. The van der Waals surface area contributed by atoms with Crippen LogP contribution < -0.4 is 10.6 Å². The monoisotopic (exact) mass is 483 g/mol. The van der Waals surface area contributed by atoms with Crippen molar-refractivity contribution >= 4 is 17.0 Å². The molecule has 29 heavy (non-hydrogen) atoms. The van der Waals surface area contributed by atoms with Crippen LogP contribution in [0, 0.1) is 18.7 Å². The molecule has 2 atom stereocenters. The number of nitrogens with one attached hydrogen (secondary N) is 2. The quantitative estimate of drug-likeness (QED) is 0.440. The largest absolute Gasteiger partial charge is 0.661 e. The fourth-order valence-electron chi connectivity index (χ4n) is 3.32. The van der Waals surface area contributed by atoms with Gasteiger partial charge < -0.3 is 20.4 Å². The van der Waals surface area contributed by atoms with Crippen molar-refractivity contribution in [3.05, 3.63) is 40.7 Å². The number of hydrogen-bond donors (Lipinski definition) is 3. The summed E-state index contributed by atoms with van der Waals surface area (Å²) < 4.78 is 19.5. The Bertz CT molecular complexity index is 778. The van der Waals surface area contributed by atoms with Gasteiger partial charge in [0.2, 0.25) is 0 Å². The molecule has 1 aromatic heterocycles. The van der Waals surface area contributed by atoms with E-state index in [0.717, 1.165) is 30.3 Å². The maximum atomic E-state index is 13.5. The van der Waals surface area contributed by atoms with E-state index in [9.17, 15) is 9.18 Å². The minimum atomic E-state index is -0.296. The van der Waals surface area contributed by atoms with Gasteiger partial charge in [-0.25, -0.2) is 14.1 Å². The number of urea groups is 1. The number of amides is 2. The van der Waals surface area contributed by atoms with E-state index < -0.39 is 0 Å². The fraction of sp³-hybridized carbons (Fsp3) is 0.550. The molecule has 0 saturated carbocycles. The Kier molecular flexibility index (Phi) is 11.3. The molecule has 3 rings (SSSR count). The molecule has 0 aliphatic carbocycles. The summed E-state index contributed by atoms with van der Waals surface area (Å²) in [5.41, 5.74) is 1.49. The Morgan fingerprint density at radius 1 is 1.41 bits per heavy atom. The van der Waals surface area contributed by atoms with Crippen molar-refractivity contribution < 1.29 is 56.5 Å². The predicted octanol–water partition coefficient (Wildman–Crippen LogP) is 4.52. The zero-order valence-corrected chi connectivity index (χ0v) is 20.2. The molecule has 2 amide bonds. The number of rotatable bonds is 4. The fourth-order valence-corrected chi connectivity index (χ4v) is 3.32. The second-order valence-corrected chi connectivity index (χ2v) is 7.22. The molecular formula is C20H29FN3O4Y-. The van der Waals surface area contributed by atoms with E-state index in [-0.39, 0.29) is 62.6 Å². The van der Waals surface area contributed by atoms with Gasteiger partial charge in [-0.05, 0) is 37.5 Å². The maximum absolute atomic E-state index is 13.5. The first-order chi connectivity index (χ1) is 13.4. The van der Waals surface area contributed by atoms with Gasteiger partial charge in [-0.2, -0.15) is 0 Å². The Morgan fingerprint density at radius 3 is 2.69 bits per heavy atom. The number of nitrogens with zero attached hydrogens (tertiary/aromatic N) is 1. The average Bonchev–Trinajstić information content (AvgIpc) is 2.97. The molecule has 1 aromatic carbocycles. The third-order valence-corrected chi connectivity index (χ3v) is 4.72. The van der Waals surface area contributed by atoms with Crippen molar-refractivity contribution in [2.45, 2.75) is 45.7 Å². The topological polar surface area (TPSA) is 97.8 Å². The first kappa shape index (κ1) is 26.0. The molecule has 1 radical (unpaired) electrons. The van der Waals surface area contributed by atoms with Crippen LogP contribution in [0.1, 0.15) is 44.1 Å². The van der Waals surface area contributed by atoms with Gasteiger partial charge in [-0.1, -0.05) is 20.3 Å². The van der Waals surface area contributed by atoms with Crippen LogP contribution in [-0.2, 0) is 37.6 Å². The molecule has 0 spiro atoms. The number of fused-ring (bicyclic) bond motifs is 1. The molecule has 1 aliphatic heterocycles. The summed E-state index contributed by atoms with van der Waals surface area (Å²) in [4.78, 5) is 15.7. The Morgan fingerprint density at radius 2 is 2.10 bits per heavy atom. The summed E-state index contributed by atoms with van der Waals surface area (Å²) in [6, 6.07) is 4.07. The number of carbonyl (C=O) groups excluding carboxylic acids is 1. The predicted molar refractivity (Wildman–Crippen MR) is 106 cm³/mol. The second-order valence-electron chi connectivity index (χ2n) is 7.22. The zero-order valence-electron chi connectivity index (χ0n) is 17.4. The molecular weight excluding hydrogens is 454 g/mol. The minimum Gasteiger partial charge on any atom is -0.661 e. The molecule has 1 saturated heterocycles. The van der Waals surface area contributed by atoms with E-state index >= 15 is 0 Å². The van der Waals surface area contributed by atoms with Crippen LogP contribution in [0.2, 0.25) is 0 Å². The smallest absolute Gasteiger partial charge is 0.315 e. The second kappa shape index (κ2) is 12.6. The van der Waals surface area contributed by atoms with Crippen LogP contribution in [0.15, 0.2) is 22.6 Å². The zero-order chi connectivity index (χ0) is 20.7. The van der Waals surface area contributed by atoms with E-state index in [1.807, 2.05) is 20.8 Å². The van der Waals surface area contributed by atoms with Gasteiger partial charge in [-0.15, -0.1) is 13.1 Å². The van der Waals surface area contributed by atoms with Gasteiger partial charge in [0.15, 0.2) is 0 Å². The van der Waals surface area contributed by atoms with Crippen LogP contribution >= 0.6 is 0 Å². The third kappa shape index (κ3) is 7.29. The van der Waals surface area contributed by atoms with Crippen molar-refractivity contribution in [3.63, 3.8) is 0 Å². The van der Waals surface area contributed by atoms with Crippen molar-refractivity contribution in [1.82, 2.24) is 10.6 Å². The van der Waals surface area contributed by atoms with Gasteiger partial charge in [0, 0.05) is 49.7 Å². The first-order valence-corrected chi connectivity index (χ1v) is 9.43. The van der Waals surface area contributed by atoms with Crippen molar-refractivity contribution in [2.24, 2.45) is 5.92 Å². The van der Waals surface area contributed by atoms with E-state index in [2.05, 4.69) is 20.8 Å². The van der Waals surface area contributed by atoms with Crippen molar-refractivity contribution in [1.29, 1.82) is 0 Å². The SMILES string of the molecule is COO.Cc1c(C(NC(=O)NC2CCC[N-]C2)C(C)C)oc2ccc(F)cc12.[Y]. The molecule has 0 bridgehead atoms. The summed E-state index contributed by atoms with van der Waals surface area (Å²) in [5.74, 6) is 0.515. The van der Waals surface area contributed by atoms with E-state index in [0.29, 0.717) is 17.9 Å². The normalized spacial score (nSPS) is 17.1. The number of benzene rings is 1. The van der Waals surface area contributed by atoms with Crippen molar-refractivity contribution in [3.8, 4) is 0 Å². The summed E-state index contributed by atoms with van der Waals surface area (Å²) in [5, 5.41) is 18.2. The summed E-state index contributed by atoms with van der Waals surface area (Å²) in [7, 11) is 1.18. The van der Waals surface area contributed by atoms with Gasteiger partial charge in [0.1, 0.15) is 17.2 Å². The standard InChI is InChI=1S/C19H25FN3O2.CH4O2.Y/c1-11(2)17(23-19(24)22-14-5-4-8-21-10-14)18-12(3)15-9-13(20)6-7-16(15)25-18;1-3-2;/h6-7,9,11,14,17H,4-5,8,10H2,1-3H3,(H2,22,23,24);2H,1H3;/q-1;;. The summed E-state index contributed by atoms with van der Waals surface area (Å²) in [6.45, 7) is 7.49. The molecule has 2 unspecified atom stereocenters. The van der Waals surface area contributed by atoms with Crippen LogP contribution in [0.4, 0.5) is 9.18 Å². The van der Waals surface area contributed by atoms with Crippen LogP contribution in [0.3, 0.4) is 0 Å². The van der Waals surface area contributed by atoms with Crippen LogP contribution in [0.5, 0.6) is 0 Å². The third-order valence-electron chi connectivity index (χ3n) is 4.72. The molecule has 3 N–H and O–H groups in total. The van der Waals surface area contributed by atoms with Gasteiger partial charge in [0.05, 0.1) is 13.2 Å². The van der Waals surface area contributed by atoms with E-state index in [1.54, 1.807) is 6.07 Å². The van der Waals surface area contributed by atoms with Gasteiger partial charge in [0.25, 0.3) is 0 Å². The summed E-state index contributed by atoms with van der Waals surface area (Å²) >= 11 is 0.